The Balaban J connectivity index is 1.38. The zero-order chi connectivity index (χ0) is 22.5. The third-order valence-electron chi connectivity index (χ3n) is 5.91. The highest BCUT2D eigenvalue weighted by molar-refractivity contribution is 5.98. The van der Waals surface area contributed by atoms with Crippen LogP contribution < -0.4 is 9.47 Å². The van der Waals surface area contributed by atoms with E-state index >= 15 is 0 Å². The average Bonchev–Trinajstić information content (AvgIpc) is 2.80. The summed E-state index contributed by atoms with van der Waals surface area (Å²) in [5.74, 6) is 1.82. The molecule has 0 N–H and O–H groups in total. The van der Waals surface area contributed by atoms with Crippen LogP contribution in [0.2, 0.25) is 0 Å². The van der Waals surface area contributed by atoms with Gasteiger partial charge in [-0.3, -0.25) is 9.69 Å². The van der Waals surface area contributed by atoms with E-state index in [4.69, 9.17) is 9.47 Å². The number of carbonyl (C=O) groups excluding carboxylic acids is 1. The third kappa shape index (κ3) is 5.14. The second-order valence-electron chi connectivity index (χ2n) is 8.36. The van der Waals surface area contributed by atoms with Crippen molar-refractivity contribution >= 4 is 5.78 Å². The number of ketones is 1. The van der Waals surface area contributed by atoms with Gasteiger partial charge in [-0.2, -0.15) is 0 Å². The first kappa shape index (κ1) is 22.0. The van der Waals surface area contributed by atoms with Crippen molar-refractivity contribution in [3.63, 3.8) is 0 Å². The Bertz CT molecular complexity index is 1040. The molecule has 6 heteroatoms. The lowest BCUT2D eigenvalue weighted by Gasteiger charge is -2.32. The molecule has 3 aromatic rings. The fourth-order valence-electron chi connectivity index (χ4n) is 4.43. The van der Waals surface area contributed by atoms with Gasteiger partial charge in [0, 0.05) is 37.0 Å². The van der Waals surface area contributed by atoms with Gasteiger partial charge in [-0.25, -0.2) is 9.97 Å². The Morgan fingerprint density at radius 3 is 2.44 bits per heavy atom. The fourth-order valence-corrected chi connectivity index (χ4v) is 4.43. The molecule has 4 rings (SSSR count). The number of nitrogens with zero attached hydrogens (tertiary/aromatic N) is 3. The van der Waals surface area contributed by atoms with Gasteiger partial charge in [0.1, 0.15) is 11.5 Å². The maximum absolute atomic E-state index is 13.2. The van der Waals surface area contributed by atoms with Gasteiger partial charge in [0.05, 0.1) is 7.11 Å². The zero-order valence-electron chi connectivity index (χ0n) is 18.9. The molecule has 166 valence electrons. The number of ether oxygens (including phenoxy) is 2. The fraction of sp³-hybridized carbons (Fsp3) is 0.346. The summed E-state index contributed by atoms with van der Waals surface area (Å²) in [6.07, 6.45) is 5.26. The minimum atomic E-state index is 0.0220. The molecule has 0 bridgehead atoms. The number of hydrogen-bond acceptors (Lipinski definition) is 6. The third-order valence-corrected chi connectivity index (χ3v) is 5.91. The molecule has 0 radical (unpaired) electrons. The van der Waals surface area contributed by atoms with E-state index in [0.29, 0.717) is 11.8 Å². The van der Waals surface area contributed by atoms with E-state index in [-0.39, 0.29) is 11.7 Å². The van der Waals surface area contributed by atoms with E-state index in [9.17, 15) is 4.79 Å². The van der Waals surface area contributed by atoms with Crippen LogP contribution in [-0.2, 0) is 6.54 Å². The van der Waals surface area contributed by atoms with E-state index in [1.165, 1.54) is 5.56 Å². The second kappa shape index (κ2) is 9.92. The van der Waals surface area contributed by atoms with Gasteiger partial charge < -0.3 is 9.47 Å². The number of piperidine rings is 1. The number of benzene rings is 2. The zero-order valence-corrected chi connectivity index (χ0v) is 18.9. The van der Waals surface area contributed by atoms with Crippen molar-refractivity contribution in [1.29, 1.82) is 0 Å². The summed E-state index contributed by atoms with van der Waals surface area (Å²) >= 11 is 0. The number of rotatable bonds is 7. The van der Waals surface area contributed by atoms with Crippen LogP contribution in [0.15, 0.2) is 54.9 Å². The molecule has 6 nitrogen and oxygen atoms in total. The highest BCUT2D eigenvalue weighted by Crippen LogP contribution is 2.28. The highest BCUT2D eigenvalue weighted by atomic mass is 16.5. The molecule has 1 fully saturated rings. The Morgan fingerprint density at radius 1 is 1.09 bits per heavy atom. The molecule has 0 unspecified atom stereocenters. The van der Waals surface area contributed by atoms with Crippen LogP contribution in [0, 0.1) is 19.8 Å². The van der Waals surface area contributed by atoms with Gasteiger partial charge in [-0.1, -0.05) is 12.1 Å². The normalized spacial score (nSPS) is 16.5. The molecule has 2 aromatic carbocycles. The van der Waals surface area contributed by atoms with Gasteiger partial charge in [0.2, 0.25) is 0 Å². The topological polar surface area (TPSA) is 64.5 Å². The molecular weight excluding hydrogens is 402 g/mol. The van der Waals surface area contributed by atoms with Gasteiger partial charge in [0.15, 0.2) is 5.78 Å². The van der Waals surface area contributed by atoms with Crippen LogP contribution in [0.4, 0.5) is 0 Å². The quantitative estimate of drug-likeness (QED) is 0.491. The molecule has 1 aromatic heterocycles. The highest BCUT2D eigenvalue weighted by Gasteiger charge is 2.27. The lowest BCUT2D eigenvalue weighted by atomic mass is 9.88. The molecule has 1 aliphatic rings. The molecule has 1 atom stereocenters. The van der Waals surface area contributed by atoms with E-state index in [1.54, 1.807) is 25.6 Å². The van der Waals surface area contributed by atoms with Crippen molar-refractivity contribution < 1.29 is 14.3 Å². The number of methoxy groups -OCH3 is 1. The smallest absolute Gasteiger partial charge is 0.321 e. The molecule has 0 amide bonds. The Hall–Kier alpha value is -3.25. The predicted octanol–water partition coefficient (Wildman–Crippen LogP) is 4.99. The van der Waals surface area contributed by atoms with Crippen molar-refractivity contribution in [2.75, 3.05) is 20.2 Å². The summed E-state index contributed by atoms with van der Waals surface area (Å²) < 4.78 is 11.1. The van der Waals surface area contributed by atoms with Crippen LogP contribution >= 0.6 is 0 Å². The molecule has 1 saturated heterocycles. The van der Waals surface area contributed by atoms with Crippen molar-refractivity contribution in [2.24, 2.45) is 5.92 Å². The summed E-state index contributed by atoms with van der Waals surface area (Å²) in [6, 6.07) is 14.0. The van der Waals surface area contributed by atoms with Crippen LogP contribution in [0.1, 0.15) is 39.9 Å². The Morgan fingerprint density at radius 2 is 1.78 bits per heavy atom. The molecule has 0 saturated carbocycles. The first-order chi connectivity index (χ1) is 15.5. The van der Waals surface area contributed by atoms with Crippen molar-refractivity contribution in [3.05, 3.63) is 77.1 Å². The number of carbonyl (C=O) groups is 1. The molecule has 32 heavy (non-hydrogen) atoms. The second-order valence-corrected chi connectivity index (χ2v) is 8.36. The summed E-state index contributed by atoms with van der Waals surface area (Å²) in [5.41, 5.74) is 3.99. The lowest BCUT2D eigenvalue weighted by molar-refractivity contribution is 0.0811. The van der Waals surface area contributed by atoms with E-state index in [2.05, 4.69) is 27.0 Å². The maximum atomic E-state index is 13.2. The van der Waals surface area contributed by atoms with Gasteiger partial charge in [-0.05, 0) is 80.3 Å². The van der Waals surface area contributed by atoms with Crippen LogP contribution in [0.5, 0.6) is 17.5 Å². The summed E-state index contributed by atoms with van der Waals surface area (Å²) in [5, 5.41) is 0. The Labute approximate surface area is 189 Å². The first-order valence-corrected chi connectivity index (χ1v) is 11.0. The summed E-state index contributed by atoms with van der Waals surface area (Å²) in [6.45, 7) is 6.58. The summed E-state index contributed by atoms with van der Waals surface area (Å²) in [4.78, 5) is 23.8. The van der Waals surface area contributed by atoms with Gasteiger partial charge in [-0.15, -0.1) is 0 Å². The minimum Gasteiger partial charge on any atom is -0.496 e. The van der Waals surface area contributed by atoms with Crippen molar-refractivity contribution in [1.82, 2.24) is 14.9 Å². The Kier molecular flexibility index (Phi) is 6.81. The molecule has 0 spiro atoms. The molecule has 1 aliphatic heterocycles. The average molecular weight is 432 g/mol. The lowest BCUT2D eigenvalue weighted by Crippen LogP contribution is -2.38. The monoisotopic (exact) mass is 431 g/mol. The van der Waals surface area contributed by atoms with Crippen molar-refractivity contribution in [2.45, 2.75) is 33.2 Å². The van der Waals surface area contributed by atoms with Crippen molar-refractivity contribution in [3.8, 4) is 17.5 Å². The predicted molar refractivity (Wildman–Crippen MR) is 123 cm³/mol. The van der Waals surface area contributed by atoms with Crippen LogP contribution in [0.3, 0.4) is 0 Å². The maximum Gasteiger partial charge on any atom is 0.321 e. The van der Waals surface area contributed by atoms with Crippen LogP contribution in [0.25, 0.3) is 0 Å². The number of likely N-dealkylation sites (tertiary alicyclic amines) is 1. The van der Waals surface area contributed by atoms with E-state index in [1.807, 2.05) is 38.1 Å². The number of aryl methyl sites for hydroxylation is 2. The first-order valence-electron chi connectivity index (χ1n) is 11.0. The number of Topliss-reactive ketones (excluding diaryl/α,β-unsaturated/α-hetero) is 1. The van der Waals surface area contributed by atoms with E-state index in [0.717, 1.165) is 54.9 Å². The van der Waals surface area contributed by atoms with Crippen LogP contribution in [-0.4, -0.2) is 40.9 Å². The SMILES string of the molecule is COc1c(C)cc(C(=O)[C@H]2CCCN(Cc3ccc(Oc4ncccn4)cc3)C2)cc1C. The number of hydrogen-bond donors (Lipinski definition) is 0. The number of aromatic nitrogens is 2. The largest absolute Gasteiger partial charge is 0.496 e. The molecular formula is C26H29N3O3. The molecule has 2 heterocycles. The van der Waals surface area contributed by atoms with E-state index < -0.39 is 0 Å². The minimum absolute atomic E-state index is 0.0220. The van der Waals surface area contributed by atoms with Gasteiger partial charge >= 0.3 is 6.01 Å². The van der Waals surface area contributed by atoms with Gasteiger partial charge in [0.25, 0.3) is 0 Å². The summed E-state index contributed by atoms with van der Waals surface area (Å²) in [7, 11) is 1.67. The molecule has 0 aliphatic carbocycles. The standard InChI is InChI=1S/C26H29N3O3/c1-18-14-22(15-19(2)25(18)31-3)24(30)21-6-4-13-29(17-21)16-20-7-9-23(10-8-20)32-26-27-11-5-12-28-26/h5,7-12,14-15,21H,4,6,13,16-17H2,1-3H3/t21-/m0/s1.